The Morgan fingerprint density at radius 3 is 2.55 bits per heavy atom. The number of para-hydroxylation sites is 1. The molecule has 2 heterocycles. The van der Waals surface area contributed by atoms with Gasteiger partial charge in [-0.25, -0.2) is 4.98 Å². The molecule has 2 aromatic carbocycles. The minimum absolute atomic E-state index is 0.0642. The van der Waals surface area contributed by atoms with Crippen LogP contribution < -0.4 is 19.8 Å². The van der Waals surface area contributed by atoms with Crippen molar-refractivity contribution in [3.05, 3.63) is 52.6 Å². The number of benzene rings is 2. The summed E-state index contributed by atoms with van der Waals surface area (Å²) in [6, 6.07) is 8.50. The van der Waals surface area contributed by atoms with E-state index in [2.05, 4.69) is 15.1 Å². The number of ether oxygens (including phenoxy) is 3. The summed E-state index contributed by atoms with van der Waals surface area (Å²) in [5, 5.41) is 15.0. The lowest BCUT2D eigenvalue weighted by Crippen LogP contribution is -2.17. The highest BCUT2D eigenvalue weighted by Crippen LogP contribution is 2.34. The van der Waals surface area contributed by atoms with E-state index in [9.17, 15) is 9.90 Å². The zero-order valence-electron chi connectivity index (χ0n) is 16.0. The van der Waals surface area contributed by atoms with Crippen LogP contribution in [-0.2, 0) is 0 Å². The molecule has 0 fully saturated rings. The number of phenolic OH excluding ortho intramolecular Hbond substituents is 1. The van der Waals surface area contributed by atoms with E-state index in [1.54, 1.807) is 44.6 Å². The van der Waals surface area contributed by atoms with Crippen LogP contribution in [0.5, 0.6) is 23.0 Å². The van der Waals surface area contributed by atoms with Gasteiger partial charge in [-0.3, -0.25) is 4.79 Å². The highest BCUT2D eigenvalue weighted by molar-refractivity contribution is 6.05. The summed E-state index contributed by atoms with van der Waals surface area (Å²) in [7, 11) is 4.54. The van der Waals surface area contributed by atoms with Crippen LogP contribution in [0, 0.1) is 0 Å². The SMILES string of the molecule is COc1cc2[nH]c3c(=O)n(N=Cc4cccc(OC)c4O)cnc3c2cc1OC. The van der Waals surface area contributed by atoms with Crippen molar-refractivity contribution >= 4 is 28.2 Å². The van der Waals surface area contributed by atoms with E-state index >= 15 is 0 Å². The van der Waals surface area contributed by atoms with Gasteiger partial charge in [0.15, 0.2) is 23.0 Å². The second-order valence-electron chi connectivity index (χ2n) is 6.14. The number of rotatable bonds is 5. The molecule has 0 aliphatic heterocycles. The standard InChI is InChI=1S/C20H18N4O5/c1-27-14-6-4-5-11(19(14)25)9-22-24-10-21-17-12-7-15(28-2)16(29-3)8-13(12)23-18(17)20(24)26/h4-10,23,25H,1-3H3. The molecule has 0 unspecified atom stereocenters. The normalized spacial score (nSPS) is 11.4. The van der Waals surface area contributed by atoms with Gasteiger partial charge in [0.05, 0.1) is 33.1 Å². The molecule has 4 aromatic rings. The van der Waals surface area contributed by atoms with Gasteiger partial charge in [-0.05, 0) is 18.2 Å². The topological polar surface area (TPSA) is 111 Å². The van der Waals surface area contributed by atoms with Gasteiger partial charge in [-0.15, -0.1) is 0 Å². The number of hydrogen-bond acceptors (Lipinski definition) is 7. The summed E-state index contributed by atoms with van der Waals surface area (Å²) >= 11 is 0. The molecule has 0 aliphatic carbocycles. The maximum Gasteiger partial charge on any atom is 0.298 e. The van der Waals surface area contributed by atoms with Crippen molar-refractivity contribution in [2.45, 2.75) is 0 Å². The van der Waals surface area contributed by atoms with E-state index in [-0.39, 0.29) is 11.3 Å². The second kappa shape index (κ2) is 7.19. The first-order valence-electron chi connectivity index (χ1n) is 8.62. The minimum atomic E-state index is -0.386. The molecule has 0 saturated heterocycles. The number of nitrogens with one attached hydrogen (secondary N) is 1. The third-order valence-electron chi connectivity index (χ3n) is 4.56. The lowest BCUT2D eigenvalue weighted by Gasteiger charge is -2.06. The Balaban J connectivity index is 1.82. The number of fused-ring (bicyclic) bond motifs is 3. The minimum Gasteiger partial charge on any atom is -0.504 e. The summed E-state index contributed by atoms with van der Waals surface area (Å²) in [4.78, 5) is 20.3. The van der Waals surface area contributed by atoms with Crippen LogP contribution in [0.15, 0.2) is 46.6 Å². The van der Waals surface area contributed by atoms with Crippen molar-refractivity contribution in [1.82, 2.24) is 14.6 Å². The quantitative estimate of drug-likeness (QED) is 0.503. The lowest BCUT2D eigenvalue weighted by atomic mass is 10.2. The van der Waals surface area contributed by atoms with E-state index in [4.69, 9.17) is 14.2 Å². The molecule has 0 saturated carbocycles. The molecule has 0 amide bonds. The van der Waals surface area contributed by atoms with Gasteiger partial charge < -0.3 is 24.3 Å². The lowest BCUT2D eigenvalue weighted by molar-refractivity contribution is 0.356. The number of hydrogen-bond donors (Lipinski definition) is 2. The molecule has 9 nitrogen and oxygen atoms in total. The van der Waals surface area contributed by atoms with Gasteiger partial charge in [0.2, 0.25) is 0 Å². The Hall–Kier alpha value is -4.01. The van der Waals surface area contributed by atoms with Crippen LogP contribution in [0.4, 0.5) is 0 Å². The molecule has 4 rings (SSSR count). The Bertz CT molecular complexity index is 1310. The summed E-state index contributed by atoms with van der Waals surface area (Å²) in [5.74, 6) is 1.33. The van der Waals surface area contributed by atoms with E-state index in [0.29, 0.717) is 39.4 Å². The molecule has 0 atom stereocenters. The molecule has 2 N–H and O–H groups in total. The molecular weight excluding hydrogens is 376 g/mol. The van der Waals surface area contributed by atoms with Crippen LogP contribution >= 0.6 is 0 Å². The molecule has 0 bridgehead atoms. The largest absolute Gasteiger partial charge is 0.504 e. The number of phenols is 1. The first-order chi connectivity index (χ1) is 14.1. The zero-order valence-corrected chi connectivity index (χ0v) is 16.0. The summed E-state index contributed by atoms with van der Waals surface area (Å²) in [6.07, 6.45) is 2.68. The molecule has 0 spiro atoms. The van der Waals surface area contributed by atoms with Crippen molar-refractivity contribution in [2.75, 3.05) is 21.3 Å². The fourth-order valence-electron chi connectivity index (χ4n) is 3.09. The van der Waals surface area contributed by atoms with Crippen molar-refractivity contribution in [2.24, 2.45) is 5.10 Å². The zero-order chi connectivity index (χ0) is 20.5. The molecule has 0 aliphatic rings. The number of aromatic nitrogens is 3. The molecule has 0 radical (unpaired) electrons. The summed E-state index contributed by atoms with van der Waals surface area (Å²) in [6.45, 7) is 0. The molecule has 2 aromatic heterocycles. The van der Waals surface area contributed by atoms with Crippen LogP contribution in [0.3, 0.4) is 0 Å². The van der Waals surface area contributed by atoms with Gasteiger partial charge in [-0.2, -0.15) is 9.78 Å². The predicted molar refractivity (Wildman–Crippen MR) is 109 cm³/mol. The number of methoxy groups -OCH3 is 3. The van der Waals surface area contributed by atoms with Crippen LogP contribution in [0.25, 0.3) is 21.9 Å². The Morgan fingerprint density at radius 1 is 1.10 bits per heavy atom. The fourth-order valence-corrected chi connectivity index (χ4v) is 3.09. The van der Waals surface area contributed by atoms with Crippen LogP contribution in [-0.4, -0.2) is 47.3 Å². The number of aromatic hydroxyl groups is 1. The number of aromatic amines is 1. The molecular formula is C20H18N4O5. The highest BCUT2D eigenvalue weighted by atomic mass is 16.5. The van der Waals surface area contributed by atoms with Gasteiger partial charge >= 0.3 is 0 Å². The van der Waals surface area contributed by atoms with Crippen molar-refractivity contribution in [3.63, 3.8) is 0 Å². The Morgan fingerprint density at radius 2 is 1.83 bits per heavy atom. The van der Waals surface area contributed by atoms with E-state index in [0.717, 1.165) is 10.1 Å². The smallest absolute Gasteiger partial charge is 0.298 e. The first kappa shape index (κ1) is 18.4. The Labute approximate surface area is 164 Å². The maximum atomic E-state index is 12.9. The van der Waals surface area contributed by atoms with E-state index in [1.807, 2.05) is 0 Å². The van der Waals surface area contributed by atoms with E-state index in [1.165, 1.54) is 19.7 Å². The number of H-pyrrole nitrogens is 1. The van der Waals surface area contributed by atoms with Gasteiger partial charge in [0.25, 0.3) is 5.56 Å². The number of nitrogens with zero attached hydrogens (tertiary/aromatic N) is 3. The fraction of sp³-hybridized carbons (Fsp3) is 0.150. The van der Waals surface area contributed by atoms with Crippen molar-refractivity contribution < 1.29 is 19.3 Å². The predicted octanol–water partition coefficient (Wildman–Crippen LogP) is 2.49. The first-order valence-corrected chi connectivity index (χ1v) is 8.62. The average Bonchev–Trinajstić information content (AvgIpc) is 3.11. The highest BCUT2D eigenvalue weighted by Gasteiger charge is 2.15. The summed E-state index contributed by atoms with van der Waals surface area (Å²) < 4.78 is 16.8. The molecule has 29 heavy (non-hydrogen) atoms. The summed E-state index contributed by atoms with van der Waals surface area (Å²) in [5.41, 5.74) is 1.51. The maximum absolute atomic E-state index is 12.9. The Kier molecular flexibility index (Phi) is 4.55. The third kappa shape index (κ3) is 3.02. The molecule has 148 valence electrons. The van der Waals surface area contributed by atoms with Crippen molar-refractivity contribution in [1.29, 1.82) is 0 Å². The monoisotopic (exact) mass is 394 g/mol. The van der Waals surface area contributed by atoms with Gasteiger partial charge in [0, 0.05) is 17.0 Å². The average molecular weight is 394 g/mol. The van der Waals surface area contributed by atoms with Crippen LogP contribution in [0.2, 0.25) is 0 Å². The second-order valence-corrected chi connectivity index (χ2v) is 6.14. The third-order valence-corrected chi connectivity index (χ3v) is 4.56. The van der Waals surface area contributed by atoms with Gasteiger partial charge in [-0.1, -0.05) is 6.07 Å². The van der Waals surface area contributed by atoms with E-state index < -0.39 is 0 Å². The van der Waals surface area contributed by atoms with Crippen LogP contribution in [0.1, 0.15) is 5.56 Å². The van der Waals surface area contributed by atoms with Gasteiger partial charge in [0.1, 0.15) is 17.4 Å². The van der Waals surface area contributed by atoms with Crippen molar-refractivity contribution in [3.8, 4) is 23.0 Å². The molecule has 9 heteroatoms.